The minimum Gasteiger partial charge on any atom is -0.294 e. The molecule has 21 heavy (non-hydrogen) atoms. The Balaban J connectivity index is 2.18. The van der Waals surface area contributed by atoms with E-state index in [4.69, 9.17) is 0 Å². The SMILES string of the molecule is CC(C)(C)CC=C1C(=O)CC(c2ccccc2Br)CC1=O. The molecule has 1 saturated carbocycles. The average molecular weight is 349 g/mol. The molecule has 1 aliphatic rings. The first kappa shape index (κ1) is 16.2. The van der Waals surface area contributed by atoms with Crippen LogP contribution in [-0.4, -0.2) is 11.6 Å². The standard InChI is InChI=1S/C18H21BrO2/c1-18(2,3)9-8-14-16(20)10-12(11-17(14)21)13-6-4-5-7-15(13)19/h4-8,12H,9-11H2,1-3H3. The smallest absolute Gasteiger partial charge is 0.166 e. The van der Waals surface area contributed by atoms with Crippen molar-refractivity contribution < 1.29 is 9.59 Å². The van der Waals surface area contributed by atoms with Gasteiger partial charge in [-0.05, 0) is 29.4 Å². The summed E-state index contributed by atoms with van der Waals surface area (Å²) in [5.41, 5.74) is 1.55. The number of benzene rings is 1. The lowest BCUT2D eigenvalue weighted by atomic mass is 9.79. The lowest BCUT2D eigenvalue weighted by Gasteiger charge is -2.24. The van der Waals surface area contributed by atoms with E-state index in [-0.39, 0.29) is 22.9 Å². The minimum atomic E-state index is -0.0174. The highest BCUT2D eigenvalue weighted by atomic mass is 79.9. The van der Waals surface area contributed by atoms with Gasteiger partial charge in [0.2, 0.25) is 0 Å². The van der Waals surface area contributed by atoms with Crippen LogP contribution in [0.25, 0.3) is 0 Å². The summed E-state index contributed by atoms with van der Waals surface area (Å²) in [6, 6.07) is 7.82. The number of carbonyl (C=O) groups excluding carboxylic acids is 2. The summed E-state index contributed by atoms with van der Waals surface area (Å²) in [6.07, 6.45) is 3.43. The Morgan fingerprint density at radius 1 is 1.14 bits per heavy atom. The van der Waals surface area contributed by atoms with Gasteiger partial charge in [-0.25, -0.2) is 0 Å². The van der Waals surface area contributed by atoms with Crippen molar-refractivity contribution in [2.75, 3.05) is 0 Å². The van der Waals surface area contributed by atoms with Gasteiger partial charge in [-0.3, -0.25) is 9.59 Å². The molecule has 3 heteroatoms. The second-order valence-electron chi connectivity index (χ2n) is 6.86. The molecule has 0 saturated heterocycles. The van der Waals surface area contributed by atoms with E-state index >= 15 is 0 Å². The van der Waals surface area contributed by atoms with Crippen LogP contribution in [0.3, 0.4) is 0 Å². The second-order valence-corrected chi connectivity index (χ2v) is 7.71. The maximum absolute atomic E-state index is 12.3. The molecule has 1 aliphatic carbocycles. The molecule has 0 unspecified atom stereocenters. The van der Waals surface area contributed by atoms with Gasteiger partial charge in [0, 0.05) is 17.3 Å². The van der Waals surface area contributed by atoms with E-state index < -0.39 is 0 Å². The summed E-state index contributed by atoms with van der Waals surface area (Å²) in [5.74, 6) is -0.0418. The highest BCUT2D eigenvalue weighted by Gasteiger charge is 2.32. The van der Waals surface area contributed by atoms with E-state index in [0.29, 0.717) is 18.4 Å². The third-order valence-corrected chi connectivity index (χ3v) is 4.45. The first-order chi connectivity index (χ1) is 9.78. The molecule has 0 bridgehead atoms. The number of ketones is 2. The van der Waals surface area contributed by atoms with E-state index in [0.717, 1.165) is 16.5 Å². The van der Waals surface area contributed by atoms with Crippen molar-refractivity contribution in [3.63, 3.8) is 0 Å². The molecule has 0 N–H and O–H groups in total. The van der Waals surface area contributed by atoms with Crippen LogP contribution in [0.5, 0.6) is 0 Å². The first-order valence-electron chi connectivity index (χ1n) is 7.29. The van der Waals surface area contributed by atoms with Crippen molar-refractivity contribution in [3.8, 4) is 0 Å². The van der Waals surface area contributed by atoms with Gasteiger partial charge in [0.05, 0.1) is 5.57 Å². The topological polar surface area (TPSA) is 34.1 Å². The van der Waals surface area contributed by atoms with Gasteiger partial charge in [-0.1, -0.05) is 61.0 Å². The van der Waals surface area contributed by atoms with Crippen LogP contribution in [-0.2, 0) is 9.59 Å². The normalized spacial score (nSPS) is 19.8. The lowest BCUT2D eigenvalue weighted by molar-refractivity contribution is -0.124. The predicted octanol–water partition coefficient (Wildman–Crippen LogP) is 4.83. The quantitative estimate of drug-likeness (QED) is 0.566. The van der Waals surface area contributed by atoms with Gasteiger partial charge < -0.3 is 0 Å². The van der Waals surface area contributed by atoms with Crippen molar-refractivity contribution in [3.05, 3.63) is 46.0 Å². The first-order valence-corrected chi connectivity index (χ1v) is 8.08. The summed E-state index contributed by atoms with van der Waals surface area (Å²) in [4.78, 5) is 24.6. The summed E-state index contributed by atoms with van der Waals surface area (Å²) >= 11 is 3.51. The number of allylic oxidation sites excluding steroid dienone is 2. The molecule has 0 aromatic heterocycles. The van der Waals surface area contributed by atoms with Crippen LogP contribution in [0.4, 0.5) is 0 Å². The van der Waals surface area contributed by atoms with Crippen molar-refractivity contribution >= 4 is 27.5 Å². The Labute approximate surface area is 134 Å². The van der Waals surface area contributed by atoms with Gasteiger partial charge >= 0.3 is 0 Å². The molecule has 0 atom stereocenters. The number of rotatable bonds is 2. The Morgan fingerprint density at radius 3 is 2.24 bits per heavy atom. The van der Waals surface area contributed by atoms with Crippen LogP contribution in [0.15, 0.2) is 40.4 Å². The molecule has 0 aliphatic heterocycles. The van der Waals surface area contributed by atoms with E-state index in [2.05, 4.69) is 36.7 Å². The summed E-state index contributed by atoms with van der Waals surface area (Å²) in [7, 11) is 0. The molecule has 0 heterocycles. The largest absolute Gasteiger partial charge is 0.294 e. The third kappa shape index (κ3) is 4.13. The number of carbonyl (C=O) groups is 2. The van der Waals surface area contributed by atoms with Crippen molar-refractivity contribution in [2.24, 2.45) is 5.41 Å². The van der Waals surface area contributed by atoms with Crippen LogP contribution >= 0.6 is 15.9 Å². The van der Waals surface area contributed by atoms with Crippen LogP contribution in [0.1, 0.15) is 51.5 Å². The van der Waals surface area contributed by atoms with E-state index in [9.17, 15) is 9.59 Å². The van der Waals surface area contributed by atoms with Gasteiger partial charge in [-0.2, -0.15) is 0 Å². The molecular formula is C18H21BrO2. The van der Waals surface area contributed by atoms with E-state index in [1.165, 1.54) is 0 Å². The molecule has 1 aromatic carbocycles. The third-order valence-electron chi connectivity index (χ3n) is 3.73. The predicted molar refractivity (Wildman–Crippen MR) is 88.3 cm³/mol. The maximum atomic E-state index is 12.3. The van der Waals surface area contributed by atoms with Gasteiger partial charge in [0.1, 0.15) is 0 Å². The molecular weight excluding hydrogens is 328 g/mol. The van der Waals surface area contributed by atoms with Crippen molar-refractivity contribution in [1.82, 2.24) is 0 Å². The van der Waals surface area contributed by atoms with Gasteiger partial charge in [0.15, 0.2) is 11.6 Å². The Hall–Kier alpha value is -1.22. The Bertz CT molecular complexity index is 573. The van der Waals surface area contributed by atoms with E-state index in [1.54, 1.807) is 0 Å². The monoisotopic (exact) mass is 348 g/mol. The molecule has 2 nitrogen and oxygen atoms in total. The van der Waals surface area contributed by atoms with Crippen molar-refractivity contribution in [1.29, 1.82) is 0 Å². The van der Waals surface area contributed by atoms with Crippen LogP contribution < -0.4 is 0 Å². The summed E-state index contributed by atoms with van der Waals surface area (Å²) in [5, 5.41) is 0. The van der Waals surface area contributed by atoms with Gasteiger partial charge in [-0.15, -0.1) is 0 Å². The van der Waals surface area contributed by atoms with E-state index in [1.807, 2.05) is 30.3 Å². The molecule has 1 aromatic rings. The lowest BCUT2D eigenvalue weighted by Crippen LogP contribution is -2.25. The zero-order chi connectivity index (χ0) is 15.6. The molecule has 0 spiro atoms. The van der Waals surface area contributed by atoms with Crippen molar-refractivity contribution in [2.45, 2.75) is 46.0 Å². The fraction of sp³-hybridized carbons (Fsp3) is 0.444. The minimum absolute atomic E-state index is 0.00707. The molecule has 112 valence electrons. The summed E-state index contributed by atoms with van der Waals surface area (Å²) in [6.45, 7) is 6.31. The number of hydrogen-bond donors (Lipinski definition) is 0. The number of halogens is 1. The average Bonchev–Trinajstić information content (AvgIpc) is 2.36. The zero-order valence-corrected chi connectivity index (χ0v) is 14.4. The van der Waals surface area contributed by atoms with Crippen LogP contribution in [0.2, 0.25) is 0 Å². The molecule has 2 rings (SSSR count). The molecule has 0 radical (unpaired) electrons. The Kier molecular flexibility index (Phi) is 4.82. The maximum Gasteiger partial charge on any atom is 0.166 e. The second kappa shape index (κ2) is 6.27. The number of hydrogen-bond acceptors (Lipinski definition) is 2. The number of Topliss-reactive ketones (excluding diaryl/α,β-unsaturated/α-hetero) is 2. The fourth-order valence-corrected chi connectivity index (χ4v) is 3.17. The molecule has 0 amide bonds. The molecule has 1 fully saturated rings. The fourth-order valence-electron chi connectivity index (χ4n) is 2.56. The summed E-state index contributed by atoms with van der Waals surface area (Å²) < 4.78 is 0.970. The highest BCUT2D eigenvalue weighted by Crippen LogP contribution is 2.35. The van der Waals surface area contributed by atoms with Gasteiger partial charge in [0.25, 0.3) is 0 Å². The Morgan fingerprint density at radius 2 is 1.71 bits per heavy atom. The van der Waals surface area contributed by atoms with Crippen LogP contribution in [0, 0.1) is 5.41 Å². The highest BCUT2D eigenvalue weighted by molar-refractivity contribution is 9.10. The zero-order valence-electron chi connectivity index (χ0n) is 12.8.